The molecule has 2 aromatic carbocycles. The molecule has 2 aromatic rings. The van der Waals surface area contributed by atoms with Gasteiger partial charge in [-0.2, -0.15) is 0 Å². The van der Waals surface area contributed by atoms with Crippen molar-refractivity contribution >= 4 is 17.5 Å². The summed E-state index contributed by atoms with van der Waals surface area (Å²) in [6.07, 6.45) is 0.493. The number of carbonyl (C=O) groups is 2. The van der Waals surface area contributed by atoms with Crippen molar-refractivity contribution in [2.24, 2.45) is 0 Å². The number of rotatable bonds is 6. The van der Waals surface area contributed by atoms with Gasteiger partial charge >= 0.3 is 0 Å². The Morgan fingerprint density at radius 3 is 2.23 bits per heavy atom. The van der Waals surface area contributed by atoms with Crippen LogP contribution in [0.15, 0.2) is 42.5 Å². The Labute approximate surface area is 209 Å². The first-order valence-corrected chi connectivity index (χ1v) is 12.6. The summed E-state index contributed by atoms with van der Waals surface area (Å²) in [7, 11) is 0. The number of nitrogens with zero attached hydrogens (tertiary/aromatic N) is 3. The zero-order chi connectivity index (χ0) is 24.9. The Kier molecular flexibility index (Phi) is 8.21. The first kappa shape index (κ1) is 25.4. The molecule has 0 aliphatic carbocycles. The van der Waals surface area contributed by atoms with Crippen molar-refractivity contribution in [2.75, 3.05) is 51.1 Å². The van der Waals surface area contributed by atoms with Crippen molar-refractivity contribution in [3.05, 3.63) is 64.7 Å². The lowest BCUT2D eigenvalue weighted by Crippen LogP contribution is -2.50. The van der Waals surface area contributed by atoms with Gasteiger partial charge in [0.2, 0.25) is 5.91 Å². The van der Waals surface area contributed by atoms with Crippen LogP contribution in [0, 0.1) is 13.8 Å². The van der Waals surface area contributed by atoms with Gasteiger partial charge in [0.25, 0.3) is 5.91 Å². The van der Waals surface area contributed by atoms with E-state index >= 15 is 0 Å². The van der Waals surface area contributed by atoms with Crippen LogP contribution in [0.4, 0.5) is 5.69 Å². The van der Waals surface area contributed by atoms with E-state index in [4.69, 9.17) is 4.74 Å². The van der Waals surface area contributed by atoms with E-state index in [-0.39, 0.29) is 24.0 Å². The third-order valence-corrected chi connectivity index (χ3v) is 7.01. The van der Waals surface area contributed by atoms with Crippen LogP contribution in [0.3, 0.4) is 0 Å². The monoisotopic (exact) mass is 478 g/mol. The molecule has 2 atom stereocenters. The summed E-state index contributed by atoms with van der Waals surface area (Å²) in [5.41, 5.74) is 5.05. The number of carbonyl (C=O) groups excluding carboxylic acids is 2. The predicted octanol–water partition coefficient (Wildman–Crippen LogP) is 3.31. The fraction of sp³-hybridized carbons (Fsp3) is 0.500. The van der Waals surface area contributed by atoms with E-state index in [9.17, 15) is 9.59 Å². The second-order valence-electron chi connectivity index (χ2n) is 10.0. The maximum Gasteiger partial charge on any atom is 0.253 e. The third kappa shape index (κ3) is 6.69. The van der Waals surface area contributed by atoms with E-state index in [1.807, 2.05) is 49.1 Å². The molecule has 2 aliphatic rings. The van der Waals surface area contributed by atoms with E-state index in [2.05, 4.69) is 41.1 Å². The quantitative estimate of drug-likeness (QED) is 0.690. The number of piperazine rings is 1. The number of morpholine rings is 1. The molecule has 0 saturated carbocycles. The lowest BCUT2D eigenvalue weighted by atomic mass is 10.1. The molecule has 2 fully saturated rings. The Morgan fingerprint density at radius 2 is 1.57 bits per heavy atom. The van der Waals surface area contributed by atoms with Gasteiger partial charge in [0.1, 0.15) is 0 Å². The zero-order valence-electron chi connectivity index (χ0n) is 21.4. The van der Waals surface area contributed by atoms with E-state index in [1.165, 1.54) is 5.56 Å². The molecule has 1 N–H and O–H groups in total. The first-order valence-electron chi connectivity index (χ1n) is 12.6. The fourth-order valence-electron chi connectivity index (χ4n) is 5.00. The number of ether oxygens (including phenoxy) is 1. The van der Waals surface area contributed by atoms with Gasteiger partial charge < -0.3 is 15.0 Å². The van der Waals surface area contributed by atoms with Crippen LogP contribution in [0.5, 0.6) is 0 Å². The van der Waals surface area contributed by atoms with Crippen LogP contribution in [0.25, 0.3) is 0 Å². The molecule has 188 valence electrons. The summed E-state index contributed by atoms with van der Waals surface area (Å²) in [4.78, 5) is 32.0. The van der Waals surface area contributed by atoms with Crippen molar-refractivity contribution < 1.29 is 14.3 Å². The molecule has 0 bridgehead atoms. The lowest BCUT2D eigenvalue weighted by Gasteiger charge is -2.35. The standard InChI is InChI=1S/C28H38N4O3/c1-20-6-5-7-26(23(20)4)29-27(33)19-30-12-14-32(15-13-30)28(34)25-10-8-24(9-11-25)18-31-16-21(2)35-22(3)17-31/h5-11,21-22H,12-19H2,1-4H3,(H,29,33). The van der Waals surface area contributed by atoms with E-state index in [0.717, 1.165) is 42.0 Å². The average molecular weight is 479 g/mol. The van der Waals surface area contributed by atoms with Gasteiger partial charge in [-0.3, -0.25) is 19.4 Å². The molecule has 0 radical (unpaired) electrons. The van der Waals surface area contributed by atoms with E-state index < -0.39 is 0 Å². The number of anilines is 1. The molecule has 2 heterocycles. The first-order chi connectivity index (χ1) is 16.8. The number of amides is 2. The summed E-state index contributed by atoms with van der Waals surface area (Å²) in [5, 5.41) is 3.03. The number of hydrogen-bond donors (Lipinski definition) is 1. The Morgan fingerprint density at radius 1 is 0.914 bits per heavy atom. The maximum absolute atomic E-state index is 13.0. The molecule has 2 aliphatic heterocycles. The van der Waals surface area contributed by atoms with Gasteiger partial charge in [-0.15, -0.1) is 0 Å². The van der Waals surface area contributed by atoms with Crippen molar-refractivity contribution in [3.63, 3.8) is 0 Å². The summed E-state index contributed by atoms with van der Waals surface area (Å²) < 4.78 is 5.82. The molecule has 2 saturated heterocycles. The van der Waals surface area contributed by atoms with Crippen LogP contribution in [-0.2, 0) is 16.1 Å². The summed E-state index contributed by atoms with van der Waals surface area (Å²) >= 11 is 0. The smallest absolute Gasteiger partial charge is 0.253 e. The highest BCUT2D eigenvalue weighted by atomic mass is 16.5. The number of hydrogen-bond acceptors (Lipinski definition) is 5. The van der Waals surface area contributed by atoms with Gasteiger partial charge in [-0.25, -0.2) is 0 Å². The summed E-state index contributed by atoms with van der Waals surface area (Å²) in [5.74, 6) is 0.0442. The highest BCUT2D eigenvalue weighted by molar-refractivity contribution is 5.94. The fourth-order valence-corrected chi connectivity index (χ4v) is 5.00. The Hall–Kier alpha value is -2.74. The number of aryl methyl sites for hydroxylation is 1. The highest BCUT2D eigenvalue weighted by Gasteiger charge is 2.24. The van der Waals surface area contributed by atoms with Crippen LogP contribution >= 0.6 is 0 Å². The van der Waals surface area contributed by atoms with Crippen LogP contribution in [0.2, 0.25) is 0 Å². The second-order valence-corrected chi connectivity index (χ2v) is 10.0. The molecule has 7 heteroatoms. The minimum absolute atomic E-state index is 0.0156. The Bertz CT molecular complexity index is 1020. The number of nitrogens with one attached hydrogen (secondary N) is 1. The van der Waals surface area contributed by atoms with Gasteiger partial charge in [0.05, 0.1) is 18.8 Å². The van der Waals surface area contributed by atoms with Crippen LogP contribution < -0.4 is 5.32 Å². The van der Waals surface area contributed by atoms with Gasteiger partial charge in [-0.05, 0) is 62.6 Å². The molecule has 2 unspecified atom stereocenters. The predicted molar refractivity (Wildman–Crippen MR) is 139 cm³/mol. The van der Waals surface area contributed by atoms with Crippen molar-refractivity contribution in [2.45, 2.75) is 46.4 Å². The van der Waals surface area contributed by atoms with Crippen LogP contribution in [-0.4, -0.2) is 84.5 Å². The third-order valence-electron chi connectivity index (χ3n) is 7.01. The maximum atomic E-state index is 13.0. The minimum atomic E-state index is -0.0156. The SMILES string of the molecule is Cc1cccc(NC(=O)CN2CCN(C(=O)c3ccc(CN4CC(C)OC(C)C4)cc3)CC2)c1C. The normalized spacial score (nSPS) is 21.7. The zero-order valence-corrected chi connectivity index (χ0v) is 21.4. The molecular formula is C28H38N4O3. The minimum Gasteiger partial charge on any atom is -0.373 e. The molecule has 35 heavy (non-hydrogen) atoms. The molecular weight excluding hydrogens is 440 g/mol. The molecule has 4 rings (SSSR count). The van der Waals surface area contributed by atoms with Crippen LogP contribution in [0.1, 0.15) is 40.9 Å². The van der Waals surface area contributed by atoms with Gasteiger partial charge in [-0.1, -0.05) is 24.3 Å². The highest BCUT2D eigenvalue weighted by Crippen LogP contribution is 2.19. The average Bonchev–Trinajstić information content (AvgIpc) is 2.82. The lowest BCUT2D eigenvalue weighted by molar-refractivity contribution is -0.117. The van der Waals surface area contributed by atoms with Crippen molar-refractivity contribution in [1.82, 2.24) is 14.7 Å². The Balaban J connectivity index is 1.24. The summed E-state index contributed by atoms with van der Waals surface area (Å²) in [6, 6.07) is 13.9. The molecule has 0 spiro atoms. The van der Waals surface area contributed by atoms with Gasteiger partial charge in [0.15, 0.2) is 0 Å². The van der Waals surface area contributed by atoms with E-state index in [1.54, 1.807) is 0 Å². The largest absolute Gasteiger partial charge is 0.373 e. The van der Waals surface area contributed by atoms with E-state index in [0.29, 0.717) is 32.7 Å². The van der Waals surface area contributed by atoms with Crippen molar-refractivity contribution in [1.29, 1.82) is 0 Å². The topological polar surface area (TPSA) is 65.1 Å². The second kappa shape index (κ2) is 11.3. The number of benzene rings is 2. The van der Waals surface area contributed by atoms with Crippen molar-refractivity contribution in [3.8, 4) is 0 Å². The van der Waals surface area contributed by atoms with Gasteiger partial charge in [0, 0.05) is 57.1 Å². The molecule has 7 nitrogen and oxygen atoms in total. The summed E-state index contributed by atoms with van der Waals surface area (Å²) in [6.45, 7) is 14.0. The molecule has 2 amide bonds. The molecule has 0 aromatic heterocycles.